The van der Waals surface area contributed by atoms with E-state index in [9.17, 15) is 19.2 Å². The first-order chi connectivity index (χ1) is 15.5. The van der Waals surface area contributed by atoms with E-state index in [1.165, 1.54) is 6.08 Å². The minimum absolute atomic E-state index is 0.262. The van der Waals surface area contributed by atoms with Gasteiger partial charge in [0.1, 0.15) is 5.70 Å². The summed E-state index contributed by atoms with van der Waals surface area (Å²) in [7, 11) is 0. The van der Waals surface area contributed by atoms with Gasteiger partial charge in [0, 0.05) is 38.7 Å². The van der Waals surface area contributed by atoms with Crippen molar-refractivity contribution in [3.8, 4) is 0 Å². The van der Waals surface area contributed by atoms with Gasteiger partial charge in [-0.1, -0.05) is 0 Å². The van der Waals surface area contributed by atoms with E-state index in [2.05, 4.69) is 0 Å². The molecule has 0 saturated carbocycles. The quantitative estimate of drug-likeness (QED) is 0.479. The van der Waals surface area contributed by atoms with Crippen LogP contribution in [0.3, 0.4) is 0 Å². The van der Waals surface area contributed by atoms with E-state index < -0.39 is 5.97 Å². The van der Waals surface area contributed by atoms with E-state index in [-0.39, 0.29) is 24.3 Å². The number of hydrogen-bond acceptors (Lipinski definition) is 6. The Morgan fingerprint density at radius 3 is 2.41 bits per heavy atom. The maximum absolute atomic E-state index is 13.0. The van der Waals surface area contributed by atoms with Crippen LogP contribution in [0, 0.1) is 5.92 Å². The van der Waals surface area contributed by atoms with Crippen LogP contribution in [0.25, 0.3) is 0 Å². The molecule has 3 aliphatic heterocycles. The molecule has 8 heteroatoms. The number of likely N-dealkylation sites (tertiary alicyclic amines) is 2. The molecule has 2 saturated heterocycles. The van der Waals surface area contributed by atoms with Gasteiger partial charge in [-0.2, -0.15) is 0 Å². The number of carbonyl (C=O) groups excluding carboxylic acids is 4. The van der Waals surface area contributed by atoms with E-state index in [0.717, 1.165) is 56.8 Å². The van der Waals surface area contributed by atoms with Crippen LogP contribution >= 0.6 is 0 Å². The molecule has 32 heavy (non-hydrogen) atoms. The molecule has 1 aromatic rings. The highest BCUT2D eigenvalue weighted by Gasteiger charge is 2.36. The fourth-order valence-corrected chi connectivity index (χ4v) is 4.63. The number of nitrogens with zero attached hydrogens (tertiary/aromatic N) is 3. The summed E-state index contributed by atoms with van der Waals surface area (Å²) in [6.07, 6.45) is 5.91. The lowest BCUT2D eigenvalue weighted by molar-refractivity contribution is -0.128. The largest absolute Gasteiger partial charge is 0.462 e. The molecule has 3 aliphatic rings. The third-order valence-corrected chi connectivity index (χ3v) is 6.47. The minimum atomic E-state index is -0.436. The minimum Gasteiger partial charge on any atom is -0.462 e. The monoisotopic (exact) mass is 439 g/mol. The maximum atomic E-state index is 13.0. The average Bonchev–Trinajstić information content (AvgIpc) is 3.34. The lowest BCUT2D eigenvalue weighted by atomic mass is 9.93. The van der Waals surface area contributed by atoms with Gasteiger partial charge in [-0.3, -0.25) is 14.4 Å². The molecule has 4 rings (SSSR count). The molecule has 170 valence electrons. The van der Waals surface area contributed by atoms with E-state index in [1.807, 2.05) is 9.80 Å². The first kappa shape index (κ1) is 22.0. The standard InChI is InChI=1S/C24H29N3O5/c1-2-32-24(31)18-5-7-19(8-6-18)27-22(29)16-20(23(27)30)25-13-9-17(10-14-25)11-15-26-12-3-4-21(26)28/h5-8,16-17H,2-4,9-15H2,1H3. The zero-order valence-electron chi connectivity index (χ0n) is 18.4. The fraction of sp³-hybridized carbons (Fsp3) is 0.500. The Hall–Kier alpha value is -3.16. The Morgan fingerprint density at radius 1 is 1.06 bits per heavy atom. The normalized spacial score (nSPS) is 19.7. The van der Waals surface area contributed by atoms with Gasteiger partial charge < -0.3 is 14.5 Å². The van der Waals surface area contributed by atoms with Crippen LogP contribution in [-0.2, 0) is 19.1 Å². The van der Waals surface area contributed by atoms with Crippen LogP contribution in [0.4, 0.5) is 5.69 Å². The van der Waals surface area contributed by atoms with E-state index in [4.69, 9.17) is 4.74 Å². The summed E-state index contributed by atoms with van der Waals surface area (Å²) in [4.78, 5) is 54.3. The molecule has 0 unspecified atom stereocenters. The number of hydrogen-bond donors (Lipinski definition) is 0. The Morgan fingerprint density at radius 2 is 1.78 bits per heavy atom. The molecule has 3 heterocycles. The van der Waals surface area contributed by atoms with Crippen molar-refractivity contribution in [3.05, 3.63) is 41.6 Å². The number of anilines is 1. The molecule has 0 N–H and O–H groups in total. The smallest absolute Gasteiger partial charge is 0.338 e. The maximum Gasteiger partial charge on any atom is 0.338 e. The number of rotatable bonds is 7. The second-order valence-corrected chi connectivity index (χ2v) is 8.48. The number of carbonyl (C=O) groups is 4. The summed E-state index contributed by atoms with van der Waals surface area (Å²) in [5.41, 5.74) is 1.24. The van der Waals surface area contributed by atoms with Crippen LogP contribution in [-0.4, -0.2) is 66.3 Å². The van der Waals surface area contributed by atoms with E-state index >= 15 is 0 Å². The van der Waals surface area contributed by atoms with Crippen molar-refractivity contribution in [2.75, 3.05) is 37.7 Å². The van der Waals surface area contributed by atoms with Gasteiger partial charge in [-0.05, 0) is 62.8 Å². The molecule has 2 fully saturated rings. The summed E-state index contributed by atoms with van der Waals surface area (Å²) in [5.74, 6) is -0.352. The zero-order valence-corrected chi connectivity index (χ0v) is 18.4. The van der Waals surface area contributed by atoms with Gasteiger partial charge in [0.25, 0.3) is 11.8 Å². The Labute approximate surface area is 187 Å². The van der Waals surface area contributed by atoms with Gasteiger partial charge in [-0.25, -0.2) is 9.69 Å². The number of esters is 1. The van der Waals surface area contributed by atoms with Crippen molar-refractivity contribution < 1.29 is 23.9 Å². The van der Waals surface area contributed by atoms with E-state index in [1.54, 1.807) is 31.2 Å². The molecule has 0 aromatic heterocycles. The fourth-order valence-electron chi connectivity index (χ4n) is 4.63. The molecule has 1 aromatic carbocycles. The van der Waals surface area contributed by atoms with Crippen molar-refractivity contribution in [3.63, 3.8) is 0 Å². The van der Waals surface area contributed by atoms with Gasteiger partial charge in [0.2, 0.25) is 5.91 Å². The second-order valence-electron chi connectivity index (χ2n) is 8.48. The molecule has 0 bridgehead atoms. The number of imide groups is 1. The molecule has 0 atom stereocenters. The molecule has 3 amide bonds. The van der Waals surface area contributed by atoms with Crippen LogP contribution in [0.5, 0.6) is 0 Å². The Balaban J connectivity index is 1.32. The van der Waals surface area contributed by atoms with Gasteiger partial charge in [-0.15, -0.1) is 0 Å². The summed E-state index contributed by atoms with van der Waals surface area (Å²) >= 11 is 0. The van der Waals surface area contributed by atoms with Gasteiger partial charge >= 0.3 is 5.97 Å². The van der Waals surface area contributed by atoms with Gasteiger partial charge in [0.15, 0.2) is 0 Å². The average molecular weight is 440 g/mol. The molecule has 0 spiro atoms. The lowest BCUT2D eigenvalue weighted by Crippen LogP contribution is -2.39. The highest BCUT2D eigenvalue weighted by Crippen LogP contribution is 2.29. The summed E-state index contributed by atoms with van der Waals surface area (Å²) in [6, 6.07) is 6.29. The zero-order chi connectivity index (χ0) is 22.7. The first-order valence-electron chi connectivity index (χ1n) is 11.4. The van der Waals surface area contributed by atoms with Crippen molar-refractivity contribution in [2.45, 2.75) is 39.0 Å². The van der Waals surface area contributed by atoms with Gasteiger partial charge in [0.05, 0.1) is 17.9 Å². The highest BCUT2D eigenvalue weighted by molar-refractivity contribution is 6.30. The second kappa shape index (κ2) is 9.54. The van der Waals surface area contributed by atoms with Crippen LogP contribution < -0.4 is 4.90 Å². The topological polar surface area (TPSA) is 87.2 Å². The molecule has 0 radical (unpaired) electrons. The van der Waals surface area contributed by atoms with Crippen molar-refractivity contribution in [2.24, 2.45) is 5.92 Å². The first-order valence-corrected chi connectivity index (χ1v) is 11.4. The van der Waals surface area contributed by atoms with Crippen molar-refractivity contribution >= 4 is 29.4 Å². The Bertz CT molecular complexity index is 931. The summed E-state index contributed by atoms with van der Waals surface area (Å²) in [6.45, 7) is 5.15. The summed E-state index contributed by atoms with van der Waals surface area (Å²) < 4.78 is 4.97. The molecule has 8 nitrogen and oxygen atoms in total. The number of piperidine rings is 1. The molecular formula is C24H29N3O5. The number of amides is 3. The molecule has 0 aliphatic carbocycles. The molecular weight excluding hydrogens is 410 g/mol. The number of ether oxygens (including phenoxy) is 1. The Kier molecular flexibility index (Phi) is 6.58. The van der Waals surface area contributed by atoms with Crippen molar-refractivity contribution in [1.82, 2.24) is 9.80 Å². The third kappa shape index (κ3) is 4.54. The third-order valence-electron chi connectivity index (χ3n) is 6.47. The van der Waals surface area contributed by atoms with Crippen LogP contribution in [0.15, 0.2) is 36.0 Å². The van der Waals surface area contributed by atoms with E-state index in [0.29, 0.717) is 29.3 Å². The van der Waals surface area contributed by atoms with Crippen LogP contribution in [0.1, 0.15) is 49.4 Å². The SMILES string of the molecule is CCOC(=O)c1ccc(N2C(=O)C=C(N3CCC(CCN4CCCC4=O)CC3)C2=O)cc1. The lowest BCUT2D eigenvalue weighted by Gasteiger charge is -2.34. The predicted molar refractivity (Wildman–Crippen MR) is 118 cm³/mol. The van der Waals surface area contributed by atoms with Crippen LogP contribution in [0.2, 0.25) is 0 Å². The summed E-state index contributed by atoms with van der Waals surface area (Å²) in [5, 5.41) is 0. The number of benzene rings is 1. The van der Waals surface area contributed by atoms with Crippen molar-refractivity contribution in [1.29, 1.82) is 0 Å². The highest BCUT2D eigenvalue weighted by atomic mass is 16.5. The predicted octanol–water partition coefficient (Wildman–Crippen LogP) is 2.34.